The average molecular weight is 329 g/mol. The lowest BCUT2D eigenvalue weighted by Crippen LogP contribution is -2.14. The first-order valence-corrected chi connectivity index (χ1v) is 10.7. The van der Waals surface area contributed by atoms with Gasteiger partial charge < -0.3 is 0 Å². The molecular weight excluding hydrogens is 297 g/mol. The van der Waals surface area contributed by atoms with Crippen molar-refractivity contribution in [3.8, 4) is 0 Å². The van der Waals surface area contributed by atoms with E-state index in [2.05, 4.69) is 27.7 Å². The van der Waals surface area contributed by atoms with Crippen LogP contribution in [0.5, 0.6) is 0 Å². The predicted octanol–water partition coefficient (Wildman–Crippen LogP) is 6.07. The molecule has 126 valence electrons. The number of benzene rings is 1. The first-order chi connectivity index (χ1) is 10.5. The number of hydrogen-bond acceptors (Lipinski definition) is 0. The Labute approximate surface area is 136 Å². The van der Waals surface area contributed by atoms with Crippen LogP contribution >= 0.6 is 7.92 Å². The number of halogens is 2. The lowest BCUT2D eigenvalue weighted by molar-refractivity contribution is 0.389. The van der Waals surface area contributed by atoms with Gasteiger partial charge in [-0.05, 0) is 37.3 Å². The van der Waals surface area contributed by atoms with E-state index in [-0.39, 0.29) is 5.82 Å². The zero-order chi connectivity index (χ0) is 16.5. The SMILES string of the molecule is CCCC(CC)CCC(C)C[PH+](CC)c1ccc(F)cc1F. The van der Waals surface area contributed by atoms with E-state index >= 15 is 0 Å². The molecule has 3 atom stereocenters. The van der Waals surface area contributed by atoms with Gasteiger partial charge in [0.05, 0.1) is 12.3 Å². The van der Waals surface area contributed by atoms with Crippen molar-refractivity contribution in [2.45, 2.75) is 59.8 Å². The zero-order valence-electron chi connectivity index (χ0n) is 14.6. The minimum absolute atomic E-state index is 0.347. The second kappa shape index (κ2) is 10.3. The lowest BCUT2D eigenvalue weighted by atomic mass is 9.92. The number of hydrogen-bond donors (Lipinski definition) is 0. The van der Waals surface area contributed by atoms with Gasteiger partial charge >= 0.3 is 0 Å². The topological polar surface area (TPSA) is 0 Å². The van der Waals surface area contributed by atoms with Crippen molar-refractivity contribution in [3.05, 3.63) is 29.8 Å². The maximum absolute atomic E-state index is 14.0. The van der Waals surface area contributed by atoms with Crippen molar-refractivity contribution in [1.82, 2.24) is 0 Å². The van der Waals surface area contributed by atoms with Crippen LogP contribution in [0.15, 0.2) is 18.2 Å². The smallest absolute Gasteiger partial charge is 0.167 e. The Hall–Kier alpha value is -0.490. The highest BCUT2D eigenvalue weighted by atomic mass is 31.1. The molecule has 3 heteroatoms. The van der Waals surface area contributed by atoms with E-state index in [1.807, 2.05) is 0 Å². The molecule has 0 bridgehead atoms. The molecule has 0 aromatic heterocycles. The van der Waals surface area contributed by atoms with Crippen molar-refractivity contribution < 1.29 is 8.78 Å². The van der Waals surface area contributed by atoms with Crippen molar-refractivity contribution in [1.29, 1.82) is 0 Å². The fourth-order valence-corrected chi connectivity index (χ4v) is 5.89. The van der Waals surface area contributed by atoms with Crippen LogP contribution < -0.4 is 5.30 Å². The summed E-state index contributed by atoms with van der Waals surface area (Å²) in [6, 6.07) is 4.10. The second-order valence-corrected chi connectivity index (χ2v) is 9.39. The Kier molecular flexibility index (Phi) is 9.17. The van der Waals surface area contributed by atoms with Gasteiger partial charge in [0.1, 0.15) is 11.1 Å². The molecule has 0 saturated heterocycles. The van der Waals surface area contributed by atoms with Gasteiger partial charge in [-0.15, -0.1) is 0 Å². The summed E-state index contributed by atoms with van der Waals surface area (Å²) in [5.74, 6) is 0.647. The first-order valence-electron chi connectivity index (χ1n) is 8.81. The Morgan fingerprint density at radius 1 is 1.05 bits per heavy atom. The van der Waals surface area contributed by atoms with Crippen LogP contribution in [0.2, 0.25) is 0 Å². The summed E-state index contributed by atoms with van der Waals surface area (Å²) in [6.45, 7) is 8.96. The zero-order valence-corrected chi connectivity index (χ0v) is 15.6. The van der Waals surface area contributed by atoms with E-state index in [9.17, 15) is 8.78 Å². The van der Waals surface area contributed by atoms with Crippen LogP contribution in [-0.4, -0.2) is 12.3 Å². The van der Waals surface area contributed by atoms with E-state index in [1.165, 1.54) is 38.2 Å². The molecule has 0 aliphatic heterocycles. The van der Waals surface area contributed by atoms with Gasteiger partial charge in [0.15, 0.2) is 5.82 Å². The molecule has 0 heterocycles. The molecule has 0 N–H and O–H groups in total. The summed E-state index contributed by atoms with van der Waals surface area (Å²) in [4.78, 5) is 0. The summed E-state index contributed by atoms with van der Waals surface area (Å²) in [6.07, 6.45) is 8.46. The van der Waals surface area contributed by atoms with Gasteiger partial charge in [-0.1, -0.05) is 46.5 Å². The highest BCUT2D eigenvalue weighted by Crippen LogP contribution is 2.38. The third-order valence-electron chi connectivity index (χ3n) is 4.68. The summed E-state index contributed by atoms with van der Waals surface area (Å²) < 4.78 is 27.1. The van der Waals surface area contributed by atoms with Gasteiger partial charge in [-0.3, -0.25) is 0 Å². The summed E-state index contributed by atoms with van der Waals surface area (Å²) in [5, 5.41) is 0.779. The monoisotopic (exact) mass is 329 g/mol. The van der Waals surface area contributed by atoms with E-state index in [1.54, 1.807) is 6.07 Å². The molecule has 0 saturated carbocycles. The summed E-state index contributed by atoms with van der Waals surface area (Å²) in [7, 11) is -0.915. The maximum atomic E-state index is 14.0. The fourth-order valence-electron chi connectivity index (χ4n) is 3.22. The van der Waals surface area contributed by atoms with Gasteiger partial charge in [0.25, 0.3) is 0 Å². The first kappa shape index (κ1) is 19.6. The van der Waals surface area contributed by atoms with Crippen molar-refractivity contribution in [2.75, 3.05) is 12.3 Å². The minimum Gasteiger partial charge on any atom is -0.207 e. The molecule has 0 amide bonds. The van der Waals surface area contributed by atoms with Crippen LogP contribution in [0.4, 0.5) is 8.78 Å². The molecule has 0 radical (unpaired) electrons. The van der Waals surface area contributed by atoms with Crippen molar-refractivity contribution in [3.63, 3.8) is 0 Å². The fraction of sp³-hybridized carbons (Fsp3) is 0.684. The van der Waals surface area contributed by atoms with Gasteiger partial charge in [-0.2, -0.15) is 0 Å². The molecule has 0 aliphatic carbocycles. The van der Waals surface area contributed by atoms with Crippen molar-refractivity contribution in [2.24, 2.45) is 11.8 Å². The Bertz CT molecular complexity index is 433. The third-order valence-corrected chi connectivity index (χ3v) is 7.89. The van der Waals surface area contributed by atoms with Crippen LogP contribution in [0.1, 0.15) is 59.8 Å². The molecule has 1 aromatic carbocycles. The Morgan fingerprint density at radius 2 is 1.77 bits per heavy atom. The molecule has 0 spiro atoms. The van der Waals surface area contributed by atoms with Gasteiger partial charge in [0, 0.05) is 14.0 Å². The Balaban J connectivity index is 2.58. The van der Waals surface area contributed by atoms with E-state index in [0.29, 0.717) is 5.92 Å². The number of rotatable bonds is 10. The highest BCUT2D eigenvalue weighted by molar-refractivity contribution is 7.65. The second-order valence-electron chi connectivity index (χ2n) is 6.53. The molecule has 22 heavy (non-hydrogen) atoms. The van der Waals surface area contributed by atoms with E-state index in [0.717, 1.165) is 29.6 Å². The predicted molar refractivity (Wildman–Crippen MR) is 96.8 cm³/mol. The average Bonchev–Trinajstić information content (AvgIpc) is 2.49. The summed E-state index contributed by atoms with van der Waals surface area (Å²) >= 11 is 0. The van der Waals surface area contributed by atoms with Gasteiger partial charge in [0.2, 0.25) is 0 Å². The largest absolute Gasteiger partial charge is 0.207 e. The minimum atomic E-state index is -0.915. The van der Waals surface area contributed by atoms with Gasteiger partial charge in [-0.25, -0.2) is 8.78 Å². The molecule has 1 aromatic rings. The van der Waals surface area contributed by atoms with Crippen LogP contribution in [0, 0.1) is 23.5 Å². The molecule has 1 rings (SSSR count). The van der Waals surface area contributed by atoms with E-state index in [4.69, 9.17) is 0 Å². The quantitative estimate of drug-likeness (QED) is 0.457. The summed E-state index contributed by atoms with van der Waals surface area (Å²) in [5.41, 5.74) is 0. The van der Waals surface area contributed by atoms with Crippen LogP contribution in [-0.2, 0) is 0 Å². The lowest BCUT2D eigenvalue weighted by Gasteiger charge is -2.18. The molecule has 0 fully saturated rings. The maximum Gasteiger partial charge on any atom is 0.167 e. The molecular formula is C19H32F2P+. The third kappa shape index (κ3) is 6.32. The van der Waals surface area contributed by atoms with Crippen LogP contribution in [0.25, 0.3) is 0 Å². The highest BCUT2D eigenvalue weighted by Gasteiger charge is 2.24. The molecule has 0 aliphatic rings. The van der Waals surface area contributed by atoms with Crippen molar-refractivity contribution >= 4 is 13.2 Å². The molecule has 3 unspecified atom stereocenters. The van der Waals surface area contributed by atoms with Crippen LogP contribution in [0.3, 0.4) is 0 Å². The van der Waals surface area contributed by atoms with E-state index < -0.39 is 13.7 Å². The standard InChI is InChI=1S/C19H31F2P/c1-5-8-16(6-2)10-9-15(4)14-22(7-3)19-12-11-17(20)13-18(19)21/h11-13,15-16H,5-10,14H2,1-4H3/p+1. The Morgan fingerprint density at radius 3 is 2.32 bits per heavy atom. The normalized spacial score (nSPS) is 15.5. The molecule has 0 nitrogen and oxygen atoms in total.